The van der Waals surface area contributed by atoms with Gasteiger partial charge in [0, 0.05) is 20.1 Å². The highest BCUT2D eigenvalue weighted by atomic mass is 32.1. The Morgan fingerprint density at radius 2 is 2.33 bits per heavy atom. The standard InChI is InChI=1S/C12H19N3O2S/c1-7-4-5-15(6-7)12-9(17-3)8(13)10(18-12)11(16)14-2/h7H,4-6,13H2,1-3H3,(H,14,16). The molecule has 0 spiro atoms. The first-order chi connectivity index (χ1) is 8.58. The van der Waals surface area contributed by atoms with Gasteiger partial charge in [0.05, 0.1) is 7.11 Å². The fraction of sp³-hybridized carbons (Fsp3) is 0.583. The van der Waals surface area contributed by atoms with Crippen LogP contribution in [0.1, 0.15) is 23.0 Å². The zero-order chi connectivity index (χ0) is 13.3. The molecule has 18 heavy (non-hydrogen) atoms. The molecule has 1 fully saturated rings. The molecular formula is C12H19N3O2S. The summed E-state index contributed by atoms with van der Waals surface area (Å²) in [5, 5.41) is 3.57. The van der Waals surface area contributed by atoms with E-state index in [1.807, 2.05) is 0 Å². The molecule has 0 bridgehead atoms. The van der Waals surface area contributed by atoms with Gasteiger partial charge < -0.3 is 20.7 Å². The van der Waals surface area contributed by atoms with Crippen LogP contribution >= 0.6 is 11.3 Å². The lowest BCUT2D eigenvalue weighted by atomic mass is 10.2. The van der Waals surface area contributed by atoms with Crippen molar-refractivity contribution in [3.8, 4) is 5.75 Å². The topological polar surface area (TPSA) is 67.6 Å². The molecule has 3 N–H and O–H groups in total. The Hall–Kier alpha value is -1.43. The Morgan fingerprint density at radius 3 is 2.83 bits per heavy atom. The maximum absolute atomic E-state index is 11.7. The van der Waals surface area contributed by atoms with Crippen molar-refractivity contribution in [2.45, 2.75) is 13.3 Å². The van der Waals surface area contributed by atoms with Crippen LogP contribution in [0.2, 0.25) is 0 Å². The molecular weight excluding hydrogens is 250 g/mol. The molecule has 1 aromatic rings. The number of thiophene rings is 1. The molecule has 1 aliphatic heterocycles. The Kier molecular flexibility index (Phi) is 3.65. The molecule has 2 rings (SSSR count). The second-order valence-corrected chi connectivity index (χ2v) is 5.60. The number of nitrogen functional groups attached to an aromatic ring is 1. The minimum Gasteiger partial charge on any atom is -0.492 e. The molecule has 6 heteroatoms. The number of rotatable bonds is 3. The first kappa shape index (κ1) is 13.0. The van der Waals surface area contributed by atoms with Crippen LogP contribution in [0.4, 0.5) is 10.7 Å². The summed E-state index contributed by atoms with van der Waals surface area (Å²) in [4.78, 5) is 14.5. The number of nitrogens with zero attached hydrogens (tertiary/aromatic N) is 1. The number of amides is 1. The van der Waals surface area contributed by atoms with E-state index in [1.165, 1.54) is 11.3 Å². The highest BCUT2D eigenvalue weighted by Gasteiger charge is 2.28. The van der Waals surface area contributed by atoms with E-state index in [0.717, 1.165) is 24.5 Å². The molecule has 2 heterocycles. The van der Waals surface area contributed by atoms with Crippen LogP contribution in [0.25, 0.3) is 0 Å². The number of hydrogen-bond donors (Lipinski definition) is 2. The monoisotopic (exact) mass is 269 g/mol. The maximum atomic E-state index is 11.7. The number of carbonyl (C=O) groups excluding carboxylic acids is 1. The van der Waals surface area contributed by atoms with Gasteiger partial charge in [0.1, 0.15) is 15.6 Å². The predicted octanol–water partition coefficient (Wildman–Crippen LogP) is 1.54. The van der Waals surface area contributed by atoms with E-state index in [0.29, 0.717) is 22.2 Å². The molecule has 1 atom stereocenters. The van der Waals surface area contributed by atoms with E-state index < -0.39 is 0 Å². The molecule has 1 saturated heterocycles. The van der Waals surface area contributed by atoms with Crippen molar-refractivity contribution in [1.29, 1.82) is 0 Å². The van der Waals surface area contributed by atoms with Crippen LogP contribution in [0, 0.1) is 5.92 Å². The van der Waals surface area contributed by atoms with Crippen molar-refractivity contribution in [3.63, 3.8) is 0 Å². The first-order valence-electron chi connectivity index (χ1n) is 6.01. The molecule has 1 aromatic heterocycles. The lowest BCUT2D eigenvalue weighted by Gasteiger charge is -2.17. The first-order valence-corrected chi connectivity index (χ1v) is 6.83. The third-order valence-corrected chi connectivity index (χ3v) is 4.48. The molecule has 5 nitrogen and oxygen atoms in total. The van der Waals surface area contributed by atoms with Crippen molar-refractivity contribution in [2.24, 2.45) is 5.92 Å². The number of anilines is 2. The van der Waals surface area contributed by atoms with Gasteiger partial charge in [0.15, 0.2) is 5.75 Å². The van der Waals surface area contributed by atoms with Crippen molar-refractivity contribution in [3.05, 3.63) is 4.88 Å². The van der Waals surface area contributed by atoms with Crippen LogP contribution in [-0.4, -0.2) is 33.2 Å². The minimum absolute atomic E-state index is 0.158. The summed E-state index contributed by atoms with van der Waals surface area (Å²) >= 11 is 1.41. The van der Waals surface area contributed by atoms with Gasteiger partial charge in [-0.15, -0.1) is 11.3 Å². The summed E-state index contributed by atoms with van der Waals surface area (Å²) in [5.41, 5.74) is 6.43. The molecule has 0 saturated carbocycles. The number of carbonyl (C=O) groups is 1. The Balaban J connectivity index is 2.38. The molecule has 0 aliphatic carbocycles. The highest BCUT2D eigenvalue weighted by Crippen LogP contribution is 2.46. The average Bonchev–Trinajstić information content (AvgIpc) is 2.92. The van der Waals surface area contributed by atoms with Gasteiger partial charge in [-0.25, -0.2) is 0 Å². The molecule has 1 amide bonds. The van der Waals surface area contributed by atoms with Crippen molar-refractivity contribution in [2.75, 3.05) is 37.9 Å². The fourth-order valence-corrected chi connectivity index (χ4v) is 3.40. The van der Waals surface area contributed by atoms with Crippen LogP contribution < -0.4 is 20.7 Å². The zero-order valence-electron chi connectivity index (χ0n) is 10.9. The van der Waals surface area contributed by atoms with Gasteiger partial charge in [-0.05, 0) is 12.3 Å². The van der Waals surface area contributed by atoms with Gasteiger partial charge in [0.2, 0.25) is 0 Å². The maximum Gasteiger partial charge on any atom is 0.263 e. The highest BCUT2D eigenvalue weighted by molar-refractivity contribution is 7.19. The van der Waals surface area contributed by atoms with Gasteiger partial charge in [-0.3, -0.25) is 4.79 Å². The number of nitrogens with two attached hydrogens (primary N) is 1. The largest absolute Gasteiger partial charge is 0.492 e. The summed E-state index contributed by atoms with van der Waals surface area (Å²) in [6.45, 7) is 4.21. The van der Waals surface area contributed by atoms with Gasteiger partial charge in [-0.2, -0.15) is 0 Å². The van der Waals surface area contributed by atoms with Crippen molar-refractivity contribution < 1.29 is 9.53 Å². The summed E-state index contributed by atoms with van der Waals surface area (Å²) in [6, 6.07) is 0. The predicted molar refractivity (Wildman–Crippen MR) is 74.7 cm³/mol. The summed E-state index contributed by atoms with van der Waals surface area (Å²) in [5.74, 6) is 1.14. The minimum atomic E-state index is -0.158. The second-order valence-electron chi connectivity index (χ2n) is 4.60. The number of methoxy groups -OCH3 is 1. The van der Waals surface area contributed by atoms with E-state index in [2.05, 4.69) is 17.1 Å². The molecule has 1 unspecified atom stereocenters. The Morgan fingerprint density at radius 1 is 1.61 bits per heavy atom. The summed E-state index contributed by atoms with van der Waals surface area (Å²) in [6.07, 6.45) is 1.16. The smallest absolute Gasteiger partial charge is 0.263 e. The normalized spacial score (nSPS) is 19.1. The van der Waals surface area contributed by atoms with Crippen molar-refractivity contribution in [1.82, 2.24) is 5.32 Å². The zero-order valence-corrected chi connectivity index (χ0v) is 11.8. The van der Waals surface area contributed by atoms with Crippen LogP contribution in [0.3, 0.4) is 0 Å². The van der Waals surface area contributed by atoms with Gasteiger partial charge >= 0.3 is 0 Å². The number of ether oxygens (including phenoxy) is 1. The molecule has 0 aromatic carbocycles. The summed E-state index contributed by atoms with van der Waals surface area (Å²) in [7, 11) is 3.20. The number of nitrogens with one attached hydrogen (secondary N) is 1. The average molecular weight is 269 g/mol. The van der Waals surface area contributed by atoms with Gasteiger partial charge in [-0.1, -0.05) is 6.92 Å². The third kappa shape index (κ3) is 2.12. The summed E-state index contributed by atoms with van der Waals surface area (Å²) < 4.78 is 5.36. The van der Waals surface area contributed by atoms with E-state index in [4.69, 9.17) is 10.5 Å². The van der Waals surface area contributed by atoms with E-state index in [-0.39, 0.29) is 5.91 Å². The van der Waals surface area contributed by atoms with Crippen LogP contribution in [0.15, 0.2) is 0 Å². The molecule has 1 aliphatic rings. The number of hydrogen-bond acceptors (Lipinski definition) is 5. The lowest BCUT2D eigenvalue weighted by molar-refractivity contribution is 0.0967. The van der Waals surface area contributed by atoms with Gasteiger partial charge in [0.25, 0.3) is 5.91 Å². The third-order valence-electron chi connectivity index (χ3n) is 3.23. The lowest BCUT2D eigenvalue weighted by Crippen LogP contribution is -2.18. The van der Waals surface area contributed by atoms with E-state index >= 15 is 0 Å². The quantitative estimate of drug-likeness (QED) is 0.873. The Bertz CT molecular complexity index is 458. The molecule has 100 valence electrons. The molecule has 0 radical (unpaired) electrons. The van der Waals surface area contributed by atoms with E-state index in [9.17, 15) is 4.79 Å². The Labute approximate surface area is 111 Å². The van der Waals surface area contributed by atoms with Crippen LogP contribution in [0.5, 0.6) is 5.75 Å². The fourth-order valence-electron chi connectivity index (χ4n) is 2.22. The SMILES string of the molecule is CNC(=O)c1sc(N2CCC(C)C2)c(OC)c1N. The second kappa shape index (κ2) is 5.06. The van der Waals surface area contributed by atoms with Crippen molar-refractivity contribution >= 4 is 27.9 Å². The van der Waals surface area contributed by atoms with Crippen LogP contribution in [-0.2, 0) is 0 Å². The van der Waals surface area contributed by atoms with E-state index in [1.54, 1.807) is 14.2 Å².